The Morgan fingerprint density at radius 2 is 2.20 bits per heavy atom. The molecule has 0 unspecified atom stereocenters. The lowest BCUT2D eigenvalue weighted by Crippen LogP contribution is -2.34. The number of aliphatic imine (C=N–C) groups is 1. The molecular weight excluding hydrogens is 325 g/mol. The number of nitrogens with one attached hydrogen (secondary N) is 1. The van der Waals surface area contributed by atoms with Gasteiger partial charge in [-0.3, -0.25) is 4.99 Å². The number of unbranched alkanes of at least 4 members (excludes halogenated alkanes) is 1. The molecule has 0 aromatic heterocycles. The normalized spacial score (nSPS) is 10.9. The first kappa shape index (κ1) is 17.7. The van der Waals surface area contributed by atoms with Crippen molar-refractivity contribution in [2.24, 2.45) is 10.7 Å². The van der Waals surface area contributed by atoms with Gasteiger partial charge in [0.15, 0.2) is 5.96 Å². The minimum Gasteiger partial charge on any atom is -0.383 e. The van der Waals surface area contributed by atoms with Crippen molar-refractivity contribution < 1.29 is 4.74 Å². The number of thioether (sulfide) groups is 1. The van der Waals surface area contributed by atoms with E-state index in [9.17, 15) is 0 Å². The van der Waals surface area contributed by atoms with Crippen LogP contribution < -0.4 is 11.1 Å². The Balaban J connectivity index is 0. The predicted molar refractivity (Wildman–Crippen MR) is 79.4 cm³/mol. The highest BCUT2D eigenvalue weighted by atomic mass is 127. The minimum absolute atomic E-state index is 0. The largest absolute Gasteiger partial charge is 0.383 e. The Labute approximate surface area is 114 Å². The maximum atomic E-state index is 5.61. The zero-order valence-corrected chi connectivity index (χ0v) is 12.6. The summed E-state index contributed by atoms with van der Waals surface area (Å²) >= 11 is 1.87. The van der Waals surface area contributed by atoms with E-state index in [1.165, 1.54) is 12.2 Å². The molecule has 0 spiro atoms. The van der Waals surface area contributed by atoms with E-state index in [2.05, 4.69) is 16.6 Å². The van der Waals surface area contributed by atoms with E-state index in [1.54, 1.807) is 7.11 Å². The van der Waals surface area contributed by atoms with Gasteiger partial charge in [-0.25, -0.2) is 0 Å². The molecule has 0 aromatic carbocycles. The number of methoxy groups -OCH3 is 1. The van der Waals surface area contributed by atoms with Crippen LogP contribution in [0.4, 0.5) is 0 Å². The zero-order valence-electron chi connectivity index (χ0n) is 9.49. The Kier molecular flexibility index (Phi) is 16.9. The number of nitrogens with zero attached hydrogens (tertiary/aromatic N) is 1. The molecule has 0 saturated heterocycles. The van der Waals surface area contributed by atoms with Gasteiger partial charge in [-0.2, -0.15) is 11.8 Å². The highest BCUT2D eigenvalue weighted by Crippen LogP contribution is 1.98. The third-order valence-electron chi connectivity index (χ3n) is 1.65. The number of ether oxygens (including phenoxy) is 1. The van der Waals surface area contributed by atoms with Crippen LogP contribution in [0.3, 0.4) is 0 Å². The van der Waals surface area contributed by atoms with Crippen LogP contribution in [-0.2, 0) is 4.74 Å². The van der Waals surface area contributed by atoms with E-state index in [-0.39, 0.29) is 24.0 Å². The molecular formula is C9H22IN3OS. The van der Waals surface area contributed by atoms with Crippen molar-refractivity contribution >= 4 is 41.7 Å². The van der Waals surface area contributed by atoms with Crippen LogP contribution in [0, 0.1) is 0 Å². The van der Waals surface area contributed by atoms with Gasteiger partial charge in [-0.05, 0) is 24.9 Å². The first-order valence-electron chi connectivity index (χ1n) is 4.83. The molecule has 0 rings (SSSR count). The van der Waals surface area contributed by atoms with E-state index >= 15 is 0 Å². The second kappa shape index (κ2) is 14.3. The van der Waals surface area contributed by atoms with Gasteiger partial charge in [-0.1, -0.05) is 0 Å². The molecule has 0 amide bonds. The molecule has 15 heavy (non-hydrogen) atoms. The van der Waals surface area contributed by atoms with Crippen molar-refractivity contribution in [3.8, 4) is 0 Å². The average molecular weight is 347 g/mol. The maximum absolute atomic E-state index is 5.61. The van der Waals surface area contributed by atoms with E-state index in [1.807, 2.05) is 11.8 Å². The van der Waals surface area contributed by atoms with Crippen LogP contribution in [0.2, 0.25) is 0 Å². The summed E-state index contributed by atoms with van der Waals surface area (Å²) in [5.41, 5.74) is 5.61. The highest BCUT2D eigenvalue weighted by molar-refractivity contribution is 14.0. The Morgan fingerprint density at radius 3 is 2.80 bits per heavy atom. The lowest BCUT2D eigenvalue weighted by Gasteiger charge is -2.04. The van der Waals surface area contributed by atoms with Gasteiger partial charge in [0.1, 0.15) is 0 Å². The number of rotatable bonds is 8. The average Bonchev–Trinajstić information content (AvgIpc) is 2.18. The SMILES string of the molecule is COCCNC(N)=NCCCCSC.I. The molecule has 4 nitrogen and oxygen atoms in total. The predicted octanol–water partition coefficient (Wildman–Crippen LogP) is 1.30. The molecule has 0 bridgehead atoms. The summed E-state index contributed by atoms with van der Waals surface area (Å²) in [5.74, 6) is 1.72. The summed E-state index contributed by atoms with van der Waals surface area (Å²) in [7, 11) is 1.66. The van der Waals surface area contributed by atoms with Gasteiger partial charge in [0, 0.05) is 20.2 Å². The topological polar surface area (TPSA) is 59.6 Å². The van der Waals surface area contributed by atoms with Crippen molar-refractivity contribution in [3.63, 3.8) is 0 Å². The van der Waals surface area contributed by atoms with Gasteiger partial charge < -0.3 is 15.8 Å². The number of hydrogen-bond acceptors (Lipinski definition) is 3. The number of halogens is 1. The Hall–Kier alpha value is 0.310. The molecule has 0 saturated carbocycles. The Morgan fingerprint density at radius 1 is 1.47 bits per heavy atom. The molecule has 0 radical (unpaired) electrons. The van der Waals surface area contributed by atoms with Crippen LogP contribution in [0.25, 0.3) is 0 Å². The number of hydrogen-bond donors (Lipinski definition) is 2. The first-order chi connectivity index (χ1) is 6.81. The van der Waals surface area contributed by atoms with Crippen molar-refractivity contribution in [2.45, 2.75) is 12.8 Å². The van der Waals surface area contributed by atoms with E-state index in [4.69, 9.17) is 10.5 Å². The van der Waals surface area contributed by atoms with Crippen LogP contribution in [-0.4, -0.2) is 44.8 Å². The third kappa shape index (κ3) is 14.3. The molecule has 0 fully saturated rings. The van der Waals surface area contributed by atoms with Gasteiger partial charge in [0.25, 0.3) is 0 Å². The summed E-state index contributed by atoms with van der Waals surface area (Å²) in [4.78, 5) is 4.19. The van der Waals surface area contributed by atoms with Crippen molar-refractivity contribution in [3.05, 3.63) is 0 Å². The van der Waals surface area contributed by atoms with Crippen LogP contribution in [0.15, 0.2) is 4.99 Å². The van der Waals surface area contributed by atoms with Crippen molar-refractivity contribution in [1.82, 2.24) is 5.32 Å². The maximum Gasteiger partial charge on any atom is 0.188 e. The van der Waals surface area contributed by atoms with Gasteiger partial charge >= 0.3 is 0 Å². The summed E-state index contributed by atoms with van der Waals surface area (Å²) in [6.07, 6.45) is 4.42. The summed E-state index contributed by atoms with van der Waals surface area (Å²) in [6, 6.07) is 0. The third-order valence-corrected chi connectivity index (χ3v) is 2.35. The smallest absolute Gasteiger partial charge is 0.188 e. The van der Waals surface area contributed by atoms with Crippen LogP contribution in [0.1, 0.15) is 12.8 Å². The van der Waals surface area contributed by atoms with E-state index < -0.39 is 0 Å². The van der Waals surface area contributed by atoms with Crippen LogP contribution >= 0.6 is 35.7 Å². The fraction of sp³-hybridized carbons (Fsp3) is 0.889. The standard InChI is InChI=1S/C9H21N3OS.HI/c1-13-7-6-12-9(10)11-5-3-4-8-14-2;/h3-8H2,1-2H3,(H3,10,11,12);1H. The molecule has 92 valence electrons. The zero-order chi connectivity index (χ0) is 10.6. The fourth-order valence-electron chi connectivity index (χ4n) is 0.895. The molecule has 0 atom stereocenters. The van der Waals surface area contributed by atoms with Crippen molar-refractivity contribution in [1.29, 1.82) is 0 Å². The molecule has 0 aliphatic heterocycles. The van der Waals surface area contributed by atoms with Gasteiger partial charge in [0.05, 0.1) is 6.61 Å². The quantitative estimate of drug-likeness (QED) is 0.301. The monoisotopic (exact) mass is 347 g/mol. The Bertz CT molecular complexity index is 158. The number of nitrogens with two attached hydrogens (primary N) is 1. The first-order valence-corrected chi connectivity index (χ1v) is 6.22. The lowest BCUT2D eigenvalue weighted by molar-refractivity contribution is 0.204. The summed E-state index contributed by atoms with van der Waals surface area (Å²) in [6.45, 7) is 2.19. The molecule has 6 heteroatoms. The van der Waals surface area contributed by atoms with E-state index in [0.29, 0.717) is 12.6 Å². The summed E-state index contributed by atoms with van der Waals surface area (Å²) in [5, 5.41) is 2.97. The van der Waals surface area contributed by atoms with Gasteiger partial charge in [0.2, 0.25) is 0 Å². The molecule has 0 aromatic rings. The molecule has 3 N–H and O–H groups in total. The summed E-state index contributed by atoms with van der Waals surface area (Å²) < 4.78 is 4.87. The minimum atomic E-state index is 0. The van der Waals surface area contributed by atoms with Crippen LogP contribution in [0.5, 0.6) is 0 Å². The number of guanidine groups is 1. The molecule has 0 heterocycles. The van der Waals surface area contributed by atoms with E-state index in [0.717, 1.165) is 19.5 Å². The lowest BCUT2D eigenvalue weighted by atomic mass is 10.3. The second-order valence-corrected chi connectivity index (χ2v) is 3.87. The molecule has 0 aliphatic rings. The molecule has 0 aliphatic carbocycles. The highest BCUT2D eigenvalue weighted by Gasteiger charge is 1.90. The van der Waals surface area contributed by atoms with Crippen molar-refractivity contribution in [2.75, 3.05) is 38.8 Å². The fourth-order valence-corrected chi connectivity index (χ4v) is 1.39. The second-order valence-electron chi connectivity index (χ2n) is 2.89. The van der Waals surface area contributed by atoms with Gasteiger partial charge in [-0.15, -0.1) is 24.0 Å².